The second kappa shape index (κ2) is 6.71. The van der Waals surface area contributed by atoms with E-state index in [9.17, 15) is 4.39 Å². The summed E-state index contributed by atoms with van der Waals surface area (Å²) < 4.78 is 18.8. The molecule has 0 fully saturated rings. The Bertz CT molecular complexity index is 380. The van der Waals surface area contributed by atoms with Crippen LogP contribution < -0.4 is 15.8 Å². The molecule has 0 saturated carbocycles. The molecule has 1 rings (SSSR count). The van der Waals surface area contributed by atoms with E-state index < -0.39 is 0 Å². The third-order valence-electron chi connectivity index (χ3n) is 2.82. The van der Waals surface area contributed by atoms with E-state index in [1.807, 2.05) is 26.8 Å². The smallest absolute Gasteiger partial charge is 0.165 e. The molecule has 0 aromatic heterocycles. The van der Waals surface area contributed by atoms with E-state index in [0.29, 0.717) is 18.9 Å². The maximum Gasteiger partial charge on any atom is 0.165 e. The molecule has 3 N–H and O–H groups in total. The average Bonchev–Trinajstić information content (AvgIpc) is 2.32. The normalized spacial score (nSPS) is 11.6. The van der Waals surface area contributed by atoms with Gasteiger partial charge in [0.05, 0.1) is 6.61 Å². The van der Waals surface area contributed by atoms with Crippen LogP contribution in [0.2, 0.25) is 0 Å². The van der Waals surface area contributed by atoms with Crippen LogP contribution in [0.25, 0.3) is 0 Å². The lowest BCUT2D eigenvalue weighted by Gasteiger charge is -2.24. The van der Waals surface area contributed by atoms with Gasteiger partial charge >= 0.3 is 0 Å². The fraction of sp³-hybridized carbons (Fsp3) is 0.571. The van der Waals surface area contributed by atoms with Crippen molar-refractivity contribution < 1.29 is 9.13 Å². The van der Waals surface area contributed by atoms with Gasteiger partial charge in [-0.1, -0.05) is 6.07 Å². The van der Waals surface area contributed by atoms with Crippen LogP contribution in [0.1, 0.15) is 26.3 Å². The quantitative estimate of drug-likeness (QED) is 0.783. The van der Waals surface area contributed by atoms with Gasteiger partial charge in [0.1, 0.15) is 0 Å². The number of hydrogen-bond acceptors (Lipinski definition) is 3. The van der Waals surface area contributed by atoms with Crippen molar-refractivity contribution >= 4 is 0 Å². The molecule has 102 valence electrons. The summed E-state index contributed by atoms with van der Waals surface area (Å²) in [5.41, 5.74) is 6.50. The van der Waals surface area contributed by atoms with Crippen LogP contribution >= 0.6 is 0 Å². The van der Waals surface area contributed by atoms with Crippen molar-refractivity contribution in [2.24, 2.45) is 5.73 Å². The number of nitrogens with two attached hydrogens (primary N) is 1. The maximum absolute atomic E-state index is 13.6. The Morgan fingerprint density at radius 3 is 2.67 bits per heavy atom. The topological polar surface area (TPSA) is 47.3 Å². The third kappa shape index (κ3) is 4.63. The van der Waals surface area contributed by atoms with Crippen LogP contribution in [-0.4, -0.2) is 25.2 Å². The molecule has 1 aromatic rings. The number of benzene rings is 1. The molecule has 4 heteroatoms. The highest BCUT2D eigenvalue weighted by Gasteiger charge is 2.13. The molecule has 0 aliphatic rings. The van der Waals surface area contributed by atoms with Crippen LogP contribution in [0.5, 0.6) is 5.75 Å². The lowest BCUT2D eigenvalue weighted by molar-refractivity contribution is 0.321. The van der Waals surface area contributed by atoms with E-state index in [4.69, 9.17) is 10.5 Å². The Balaban J connectivity index is 2.51. The summed E-state index contributed by atoms with van der Waals surface area (Å²) in [5, 5.41) is 3.34. The number of nitrogens with one attached hydrogen (secondary N) is 1. The highest BCUT2D eigenvalue weighted by molar-refractivity contribution is 5.29. The summed E-state index contributed by atoms with van der Waals surface area (Å²) >= 11 is 0. The molecular formula is C14H23FN2O. The van der Waals surface area contributed by atoms with Crippen LogP contribution in [-0.2, 0) is 6.42 Å². The molecule has 18 heavy (non-hydrogen) atoms. The Hall–Kier alpha value is -1.13. The average molecular weight is 254 g/mol. The minimum Gasteiger partial charge on any atom is -0.491 e. The van der Waals surface area contributed by atoms with Gasteiger partial charge in [-0.15, -0.1) is 0 Å². The van der Waals surface area contributed by atoms with Crippen molar-refractivity contribution in [1.82, 2.24) is 5.32 Å². The fourth-order valence-corrected chi connectivity index (χ4v) is 1.59. The van der Waals surface area contributed by atoms with Gasteiger partial charge in [-0.05, 0) is 51.4 Å². The molecule has 0 spiro atoms. The lowest BCUT2D eigenvalue weighted by Crippen LogP contribution is -2.46. The Morgan fingerprint density at radius 1 is 1.39 bits per heavy atom. The van der Waals surface area contributed by atoms with Crippen LogP contribution in [0.3, 0.4) is 0 Å². The van der Waals surface area contributed by atoms with Crippen molar-refractivity contribution in [3.8, 4) is 5.75 Å². The Labute approximate surface area is 109 Å². The number of ether oxygens (including phenoxy) is 1. The van der Waals surface area contributed by atoms with Gasteiger partial charge in [-0.3, -0.25) is 0 Å². The minimum atomic E-state index is -0.299. The van der Waals surface area contributed by atoms with E-state index >= 15 is 0 Å². The zero-order chi connectivity index (χ0) is 13.6. The molecule has 1 aromatic carbocycles. The van der Waals surface area contributed by atoms with E-state index in [-0.39, 0.29) is 11.4 Å². The standard InChI is InChI=1S/C14H23FN2O/c1-4-18-13-6-5-11(9-12(13)15)7-8-17-14(2,3)10-16/h5-6,9,17H,4,7-8,10,16H2,1-3H3. The summed E-state index contributed by atoms with van der Waals surface area (Å²) in [6.07, 6.45) is 0.771. The number of halogens is 1. The van der Waals surface area contributed by atoms with Gasteiger partial charge in [0, 0.05) is 12.1 Å². The zero-order valence-electron chi connectivity index (χ0n) is 11.4. The predicted molar refractivity (Wildman–Crippen MR) is 72.4 cm³/mol. The first-order valence-corrected chi connectivity index (χ1v) is 6.35. The Morgan fingerprint density at radius 2 is 2.11 bits per heavy atom. The van der Waals surface area contributed by atoms with Gasteiger partial charge in [0.25, 0.3) is 0 Å². The van der Waals surface area contributed by atoms with Gasteiger partial charge in [0.2, 0.25) is 0 Å². The van der Waals surface area contributed by atoms with Gasteiger partial charge in [0.15, 0.2) is 11.6 Å². The van der Waals surface area contributed by atoms with Crippen molar-refractivity contribution in [3.05, 3.63) is 29.6 Å². The summed E-state index contributed by atoms with van der Waals surface area (Å²) in [6.45, 7) is 7.76. The molecule has 0 aliphatic heterocycles. The maximum atomic E-state index is 13.6. The highest BCUT2D eigenvalue weighted by atomic mass is 19.1. The van der Waals surface area contributed by atoms with Gasteiger partial charge in [-0.2, -0.15) is 0 Å². The van der Waals surface area contributed by atoms with Crippen molar-refractivity contribution in [2.45, 2.75) is 32.7 Å². The zero-order valence-corrected chi connectivity index (χ0v) is 11.4. The molecular weight excluding hydrogens is 231 g/mol. The highest BCUT2D eigenvalue weighted by Crippen LogP contribution is 2.18. The fourth-order valence-electron chi connectivity index (χ4n) is 1.59. The minimum absolute atomic E-state index is 0.0796. The van der Waals surface area contributed by atoms with E-state index in [0.717, 1.165) is 18.5 Å². The third-order valence-corrected chi connectivity index (χ3v) is 2.82. The number of rotatable bonds is 7. The first kappa shape index (κ1) is 14.9. The first-order chi connectivity index (χ1) is 8.48. The van der Waals surface area contributed by atoms with Crippen LogP contribution in [0, 0.1) is 5.82 Å². The van der Waals surface area contributed by atoms with Crippen LogP contribution in [0.15, 0.2) is 18.2 Å². The summed E-state index contributed by atoms with van der Waals surface area (Å²) in [7, 11) is 0. The van der Waals surface area contributed by atoms with Crippen molar-refractivity contribution in [1.29, 1.82) is 0 Å². The molecule has 0 saturated heterocycles. The molecule has 0 aliphatic carbocycles. The second-order valence-corrected chi connectivity index (χ2v) is 4.96. The largest absolute Gasteiger partial charge is 0.491 e. The lowest BCUT2D eigenvalue weighted by atomic mass is 10.1. The molecule has 0 radical (unpaired) electrons. The van der Waals surface area contributed by atoms with Gasteiger partial charge < -0.3 is 15.8 Å². The van der Waals surface area contributed by atoms with Gasteiger partial charge in [-0.25, -0.2) is 4.39 Å². The van der Waals surface area contributed by atoms with E-state index in [2.05, 4.69) is 5.32 Å². The monoisotopic (exact) mass is 254 g/mol. The predicted octanol–water partition coefficient (Wildman–Crippen LogP) is 2.09. The summed E-state index contributed by atoms with van der Waals surface area (Å²) in [5.74, 6) is 0.0175. The number of hydrogen-bond donors (Lipinski definition) is 2. The van der Waals surface area contributed by atoms with Crippen LogP contribution in [0.4, 0.5) is 4.39 Å². The SMILES string of the molecule is CCOc1ccc(CCNC(C)(C)CN)cc1F. The second-order valence-electron chi connectivity index (χ2n) is 4.96. The van der Waals surface area contributed by atoms with E-state index in [1.165, 1.54) is 6.07 Å². The molecule has 0 unspecified atom stereocenters. The first-order valence-electron chi connectivity index (χ1n) is 6.35. The molecule has 3 nitrogen and oxygen atoms in total. The Kier molecular flexibility index (Phi) is 5.56. The van der Waals surface area contributed by atoms with Crippen molar-refractivity contribution in [3.63, 3.8) is 0 Å². The molecule has 0 heterocycles. The van der Waals surface area contributed by atoms with E-state index in [1.54, 1.807) is 6.07 Å². The molecule has 0 atom stereocenters. The molecule has 0 amide bonds. The molecule has 0 bridgehead atoms. The van der Waals surface area contributed by atoms with Crippen molar-refractivity contribution in [2.75, 3.05) is 19.7 Å². The summed E-state index contributed by atoms with van der Waals surface area (Å²) in [6, 6.07) is 5.11. The summed E-state index contributed by atoms with van der Waals surface area (Å²) in [4.78, 5) is 0.